The van der Waals surface area contributed by atoms with Crippen LogP contribution in [-0.4, -0.2) is 15.3 Å². The summed E-state index contributed by atoms with van der Waals surface area (Å²) in [5.41, 5.74) is 0.495. The molecule has 3 N–H and O–H groups in total. The predicted molar refractivity (Wildman–Crippen MR) is 63.5 cm³/mol. The van der Waals surface area contributed by atoms with Crippen LogP contribution in [0.25, 0.3) is 0 Å². The molecular weight excluding hydrogens is 204 g/mol. The first-order chi connectivity index (χ1) is 7.65. The van der Waals surface area contributed by atoms with Gasteiger partial charge in [0.05, 0.1) is 6.10 Å². The molecular formula is C13H20O3. The van der Waals surface area contributed by atoms with Crippen LogP contribution in [0.3, 0.4) is 0 Å². The van der Waals surface area contributed by atoms with Crippen molar-refractivity contribution in [1.29, 1.82) is 0 Å². The zero-order valence-corrected chi connectivity index (χ0v) is 9.69. The molecule has 0 spiro atoms. The topological polar surface area (TPSA) is 60.7 Å². The van der Waals surface area contributed by atoms with E-state index in [-0.39, 0.29) is 11.5 Å². The molecule has 0 aromatic heterocycles. The molecule has 0 fully saturated rings. The van der Waals surface area contributed by atoms with Crippen molar-refractivity contribution in [2.75, 3.05) is 0 Å². The molecule has 0 saturated heterocycles. The van der Waals surface area contributed by atoms with Gasteiger partial charge in [-0.1, -0.05) is 32.6 Å². The fraction of sp³-hybridized carbons (Fsp3) is 0.538. The minimum absolute atomic E-state index is 0.0134. The van der Waals surface area contributed by atoms with Gasteiger partial charge in [-0.15, -0.1) is 0 Å². The van der Waals surface area contributed by atoms with Gasteiger partial charge >= 0.3 is 0 Å². The summed E-state index contributed by atoms with van der Waals surface area (Å²) in [6.45, 7) is 2.14. The molecule has 0 aliphatic rings. The molecule has 90 valence electrons. The molecule has 3 nitrogen and oxygen atoms in total. The number of aromatic hydroxyl groups is 2. The van der Waals surface area contributed by atoms with E-state index >= 15 is 0 Å². The first-order valence-electron chi connectivity index (χ1n) is 5.85. The standard InChI is InChI=1S/C13H20O3/c1-2-3-4-5-6-12(15)11-8-7-10(14)9-13(11)16/h7-9,12,14-16H,2-6H2,1H3. The highest BCUT2D eigenvalue weighted by Crippen LogP contribution is 2.30. The summed E-state index contributed by atoms with van der Waals surface area (Å²) in [7, 11) is 0. The van der Waals surface area contributed by atoms with Gasteiger partial charge in [-0.2, -0.15) is 0 Å². The van der Waals surface area contributed by atoms with E-state index in [2.05, 4.69) is 6.92 Å². The molecule has 16 heavy (non-hydrogen) atoms. The Morgan fingerprint density at radius 2 is 1.88 bits per heavy atom. The van der Waals surface area contributed by atoms with Crippen molar-refractivity contribution in [3.05, 3.63) is 23.8 Å². The van der Waals surface area contributed by atoms with Crippen molar-refractivity contribution in [3.63, 3.8) is 0 Å². The number of aliphatic hydroxyl groups excluding tert-OH is 1. The Morgan fingerprint density at radius 3 is 2.50 bits per heavy atom. The molecule has 1 aromatic rings. The third kappa shape index (κ3) is 3.74. The molecule has 0 heterocycles. The normalized spacial score (nSPS) is 12.6. The minimum Gasteiger partial charge on any atom is -0.508 e. The number of hydrogen-bond acceptors (Lipinski definition) is 3. The van der Waals surface area contributed by atoms with Crippen LogP contribution in [0.1, 0.15) is 50.7 Å². The van der Waals surface area contributed by atoms with Gasteiger partial charge in [0.25, 0.3) is 0 Å². The maximum Gasteiger partial charge on any atom is 0.125 e. The smallest absolute Gasteiger partial charge is 0.125 e. The first-order valence-corrected chi connectivity index (χ1v) is 5.85. The average Bonchev–Trinajstić information content (AvgIpc) is 2.24. The van der Waals surface area contributed by atoms with Crippen LogP contribution in [0.5, 0.6) is 11.5 Å². The lowest BCUT2D eigenvalue weighted by Crippen LogP contribution is -1.97. The van der Waals surface area contributed by atoms with Crippen LogP contribution < -0.4 is 0 Å². The van der Waals surface area contributed by atoms with Crippen LogP contribution in [0.15, 0.2) is 18.2 Å². The average molecular weight is 224 g/mol. The molecule has 0 aliphatic carbocycles. The van der Waals surface area contributed by atoms with Crippen molar-refractivity contribution in [1.82, 2.24) is 0 Å². The van der Waals surface area contributed by atoms with Gasteiger partial charge in [0, 0.05) is 11.6 Å². The summed E-state index contributed by atoms with van der Waals surface area (Å²) < 4.78 is 0. The largest absolute Gasteiger partial charge is 0.508 e. The second-order valence-corrected chi connectivity index (χ2v) is 4.11. The predicted octanol–water partition coefficient (Wildman–Crippen LogP) is 3.10. The number of hydrogen-bond donors (Lipinski definition) is 3. The summed E-state index contributed by atoms with van der Waals surface area (Å²) in [6.07, 6.45) is 4.41. The lowest BCUT2D eigenvalue weighted by atomic mass is 10.0. The lowest BCUT2D eigenvalue weighted by Gasteiger charge is -2.12. The Balaban J connectivity index is 2.49. The zero-order valence-electron chi connectivity index (χ0n) is 9.69. The molecule has 0 bridgehead atoms. The molecule has 3 heteroatoms. The minimum atomic E-state index is -0.641. The quantitative estimate of drug-likeness (QED) is 0.651. The van der Waals surface area contributed by atoms with Crippen LogP contribution in [-0.2, 0) is 0 Å². The highest BCUT2D eigenvalue weighted by atomic mass is 16.3. The summed E-state index contributed by atoms with van der Waals surface area (Å²) in [5, 5.41) is 28.5. The van der Waals surface area contributed by atoms with Crippen molar-refractivity contribution < 1.29 is 15.3 Å². The lowest BCUT2D eigenvalue weighted by molar-refractivity contribution is 0.159. The van der Waals surface area contributed by atoms with E-state index in [1.807, 2.05) is 0 Å². The Labute approximate surface area is 96.4 Å². The fourth-order valence-corrected chi connectivity index (χ4v) is 1.73. The van der Waals surface area contributed by atoms with Crippen LogP contribution in [0, 0.1) is 0 Å². The molecule has 1 aromatic carbocycles. The molecule has 0 radical (unpaired) electrons. The van der Waals surface area contributed by atoms with E-state index in [0.29, 0.717) is 12.0 Å². The van der Waals surface area contributed by atoms with E-state index < -0.39 is 6.10 Å². The van der Waals surface area contributed by atoms with Gasteiger partial charge in [-0.05, 0) is 18.6 Å². The highest BCUT2D eigenvalue weighted by Gasteiger charge is 2.12. The number of phenols is 2. The van der Waals surface area contributed by atoms with Crippen molar-refractivity contribution in [2.24, 2.45) is 0 Å². The number of unbranched alkanes of at least 4 members (excludes halogenated alkanes) is 3. The Hall–Kier alpha value is -1.22. The molecule has 1 rings (SSSR count). The van der Waals surface area contributed by atoms with Gasteiger partial charge in [-0.3, -0.25) is 0 Å². The van der Waals surface area contributed by atoms with Crippen molar-refractivity contribution in [2.45, 2.75) is 45.1 Å². The van der Waals surface area contributed by atoms with E-state index in [1.54, 1.807) is 6.07 Å². The molecule has 0 amide bonds. The van der Waals surface area contributed by atoms with Crippen molar-refractivity contribution in [3.8, 4) is 11.5 Å². The van der Waals surface area contributed by atoms with Crippen LogP contribution in [0.2, 0.25) is 0 Å². The summed E-state index contributed by atoms with van der Waals surface area (Å²) in [6, 6.07) is 4.30. The van der Waals surface area contributed by atoms with E-state index in [9.17, 15) is 10.2 Å². The monoisotopic (exact) mass is 224 g/mol. The Bertz CT molecular complexity index is 323. The zero-order chi connectivity index (χ0) is 12.0. The van der Waals surface area contributed by atoms with Crippen molar-refractivity contribution >= 4 is 0 Å². The number of benzene rings is 1. The second-order valence-electron chi connectivity index (χ2n) is 4.11. The SMILES string of the molecule is CCCCCCC(O)c1ccc(O)cc1O. The van der Waals surface area contributed by atoms with E-state index in [0.717, 1.165) is 12.8 Å². The third-order valence-corrected chi connectivity index (χ3v) is 2.70. The third-order valence-electron chi connectivity index (χ3n) is 2.70. The van der Waals surface area contributed by atoms with Crippen LogP contribution in [0.4, 0.5) is 0 Å². The molecule has 0 saturated carbocycles. The van der Waals surface area contributed by atoms with E-state index in [1.165, 1.54) is 25.0 Å². The Morgan fingerprint density at radius 1 is 1.12 bits per heavy atom. The number of aliphatic hydroxyl groups is 1. The molecule has 0 aliphatic heterocycles. The number of rotatable bonds is 6. The summed E-state index contributed by atoms with van der Waals surface area (Å²) in [5.74, 6) is -0.0255. The van der Waals surface area contributed by atoms with Gasteiger partial charge < -0.3 is 15.3 Å². The fourth-order valence-electron chi connectivity index (χ4n) is 1.73. The van der Waals surface area contributed by atoms with Gasteiger partial charge in [0.2, 0.25) is 0 Å². The maximum atomic E-state index is 9.85. The first kappa shape index (κ1) is 12.8. The van der Waals surface area contributed by atoms with E-state index in [4.69, 9.17) is 5.11 Å². The van der Waals surface area contributed by atoms with Gasteiger partial charge in [-0.25, -0.2) is 0 Å². The molecule has 1 unspecified atom stereocenters. The maximum absolute atomic E-state index is 9.85. The Kier molecular flexibility index (Phi) is 5.12. The molecule has 1 atom stereocenters. The van der Waals surface area contributed by atoms with Gasteiger partial charge in [0.15, 0.2) is 0 Å². The van der Waals surface area contributed by atoms with Gasteiger partial charge in [0.1, 0.15) is 11.5 Å². The summed E-state index contributed by atoms with van der Waals surface area (Å²) in [4.78, 5) is 0. The summed E-state index contributed by atoms with van der Waals surface area (Å²) >= 11 is 0. The number of phenolic OH excluding ortho intramolecular Hbond substituents is 2. The van der Waals surface area contributed by atoms with Crippen LogP contribution >= 0.6 is 0 Å². The second kappa shape index (κ2) is 6.38. The highest BCUT2D eigenvalue weighted by molar-refractivity contribution is 5.40.